The maximum atomic E-state index is 13.9. The first-order valence-corrected chi connectivity index (χ1v) is 7.25. The molecule has 0 saturated carbocycles. The lowest BCUT2D eigenvalue weighted by Gasteiger charge is -2.33. The summed E-state index contributed by atoms with van der Waals surface area (Å²) >= 11 is 0. The molecule has 0 radical (unpaired) electrons. The lowest BCUT2D eigenvalue weighted by molar-refractivity contribution is -0.126. The molecule has 1 aliphatic rings. The van der Waals surface area contributed by atoms with E-state index in [0.717, 1.165) is 24.0 Å². The first-order chi connectivity index (χ1) is 9.41. The fourth-order valence-corrected chi connectivity index (χ4v) is 2.72. The molecule has 0 aromatic heterocycles. The number of carbonyl (C=O) groups is 1. The average molecular weight is 315 g/mol. The predicted octanol–water partition coefficient (Wildman–Crippen LogP) is 2.97. The second-order valence-electron chi connectivity index (χ2n) is 5.96. The van der Waals surface area contributed by atoms with E-state index < -0.39 is 0 Å². The third-order valence-electron chi connectivity index (χ3n) is 4.41. The van der Waals surface area contributed by atoms with Crippen molar-refractivity contribution in [2.24, 2.45) is 17.6 Å². The van der Waals surface area contributed by atoms with Crippen LogP contribution in [-0.2, 0) is 11.2 Å². The van der Waals surface area contributed by atoms with Crippen molar-refractivity contribution in [3.8, 4) is 0 Å². The minimum Gasteiger partial charge on any atom is -0.349 e. The maximum absolute atomic E-state index is 13.9. The third-order valence-corrected chi connectivity index (χ3v) is 4.41. The van der Waals surface area contributed by atoms with Gasteiger partial charge in [0.05, 0.1) is 6.04 Å². The number of nitrogens with one attached hydrogen (secondary N) is 1. The molecule has 0 saturated heterocycles. The molecule has 21 heavy (non-hydrogen) atoms. The molecule has 3 nitrogen and oxygen atoms in total. The van der Waals surface area contributed by atoms with Crippen LogP contribution in [0.15, 0.2) is 18.2 Å². The van der Waals surface area contributed by atoms with Gasteiger partial charge in [0, 0.05) is 12.0 Å². The predicted molar refractivity (Wildman–Crippen MR) is 84.8 cm³/mol. The second-order valence-corrected chi connectivity index (χ2v) is 5.96. The molecule has 3 N–H and O–H groups in total. The Morgan fingerprint density at radius 3 is 2.71 bits per heavy atom. The van der Waals surface area contributed by atoms with Crippen LogP contribution < -0.4 is 11.1 Å². The van der Waals surface area contributed by atoms with Crippen LogP contribution >= 0.6 is 12.4 Å². The van der Waals surface area contributed by atoms with E-state index in [1.807, 2.05) is 19.9 Å². The summed E-state index contributed by atoms with van der Waals surface area (Å²) in [5.41, 5.74) is 7.43. The Balaban J connectivity index is 0.00000220. The smallest absolute Gasteiger partial charge is 0.224 e. The molecule has 1 aliphatic carbocycles. The number of fused-ring (bicyclic) bond motifs is 1. The molecule has 1 amide bonds. The molecular weight excluding hydrogens is 291 g/mol. The first kappa shape index (κ1) is 17.9. The van der Waals surface area contributed by atoms with Crippen molar-refractivity contribution in [2.45, 2.75) is 45.7 Å². The Morgan fingerprint density at radius 2 is 2.10 bits per heavy atom. The molecular formula is C16H24ClFN2O. The fourth-order valence-electron chi connectivity index (χ4n) is 2.72. The molecule has 2 rings (SSSR count). The second kappa shape index (κ2) is 7.23. The van der Waals surface area contributed by atoms with Crippen molar-refractivity contribution in [2.75, 3.05) is 0 Å². The molecule has 118 valence electrons. The number of amides is 1. The summed E-state index contributed by atoms with van der Waals surface area (Å²) in [5, 5.41) is 3.05. The largest absolute Gasteiger partial charge is 0.349 e. The van der Waals surface area contributed by atoms with Crippen LogP contribution in [0.3, 0.4) is 0 Å². The van der Waals surface area contributed by atoms with Gasteiger partial charge >= 0.3 is 0 Å². The molecule has 0 spiro atoms. The summed E-state index contributed by atoms with van der Waals surface area (Å²) in [5.74, 6) is -0.183. The van der Waals surface area contributed by atoms with Crippen molar-refractivity contribution >= 4 is 18.3 Å². The molecule has 0 fully saturated rings. The van der Waals surface area contributed by atoms with Crippen molar-refractivity contribution < 1.29 is 9.18 Å². The van der Waals surface area contributed by atoms with Crippen molar-refractivity contribution in [3.05, 3.63) is 35.1 Å². The Morgan fingerprint density at radius 1 is 1.43 bits per heavy atom. The maximum Gasteiger partial charge on any atom is 0.224 e. The van der Waals surface area contributed by atoms with Crippen LogP contribution in [0, 0.1) is 17.7 Å². The minimum absolute atomic E-state index is 0. The Labute approximate surface area is 131 Å². The highest BCUT2D eigenvalue weighted by molar-refractivity contribution is 5.85. The standard InChI is InChI=1S/C16H23FN2O.ClH/c1-9-7-8-12-13(5-4-6-14(12)17)15(9)19-16(20)10(2)11(3)18;/h4-6,9-11,15H,7-8,18H2,1-3H3,(H,19,20);1H. The summed E-state index contributed by atoms with van der Waals surface area (Å²) in [6.07, 6.45) is 1.61. The molecule has 1 aromatic carbocycles. The van der Waals surface area contributed by atoms with Gasteiger partial charge < -0.3 is 11.1 Å². The number of nitrogens with two attached hydrogens (primary N) is 1. The van der Waals surface area contributed by atoms with Gasteiger partial charge in [-0.05, 0) is 42.9 Å². The number of carbonyl (C=O) groups excluding carboxylic acids is 1. The molecule has 0 aliphatic heterocycles. The summed E-state index contributed by atoms with van der Waals surface area (Å²) in [6.45, 7) is 5.73. The SMILES string of the molecule is CC(N)C(C)C(=O)NC1c2cccc(F)c2CCC1C.Cl. The zero-order valence-corrected chi connectivity index (χ0v) is 13.5. The van der Waals surface area contributed by atoms with Gasteiger partial charge in [0.2, 0.25) is 5.91 Å². The van der Waals surface area contributed by atoms with Gasteiger partial charge in [-0.3, -0.25) is 4.79 Å². The van der Waals surface area contributed by atoms with E-state index in [4.69, 9.17) is 5.73 Å². The van der Waals surface area contributed by atoms with Gasteiger partial charge in [0.15, 0.2) is 0 Å². The van der Waals surface area contributed by atoms with E-state index in [1.165, 1.54) is 6.07 Å². The fraction of sp³-hybridized carbons (Fsp3) is 0.562. The number of rotatable bonds is 3. The van der Waals surface area contributed by atoms with Crippen molar-refractivity contribution in [1.82, 2.24) is 5.32 Å². The van der Waals surface area contributed by atoms with Gasteiger partial charge in [-0.2, -0.15) is 0 Å². The molecule has 0 bridgehead atoms. The van der Waals surface area contributed by atoms with Gasteiger partial charge in [-0.15, -0.1) is 12.4 Å². The lowest BCUT2D eigenvalue weighted by Crippen LogP contribution is -2.43. The first-order valence-electron chi connectivity index (χ1n) is 7.25. The van der Waals surface area contributed by atoms with E-state index >= 15 is 0 Å². The van der Waals surface area contributed by atoms with Gasteiger partial charge in [0.1, 0.15) is 5.82 Å². The number of halogens is 2. The van der Waals surface area contributed by atoms with E-state index in [1.54, 1.807) is 6.07 Å². The minimum atomic E-state index is -0.249. The molecule has 1 aromatic rings. The van der Waals surface area contributed by atoms with Gasteiger partial charge in [-0.25, -0.2) is 4.39 Å². The number of hydrogen-bond donors (Lipinski definition) is 2. The summed E-state index contributed by atoms with van der Waals surface area (Å²) in [6, 6.07) is 4.79. The highest BCUT2D eigenvalue weighted by Gasteiger charge is 2.30. The molecule has 5 heteroatoms. The van der Waals surface area contributed by atoms with E-state index in [9.17, 15) is 9.18 Å². The van der Waals surface area contributed by atoms with Crippen LogP contribution in [0.1, 0.15) is 44.4 Å². The molecule has 0 heterocycles. The Hall–Kier alpha value is -1.13. The van der Waals surface area contributed by atoms with Crippen LogP contribution in [0.2, 0.25) is 0 Å². The number of benzene rings is 1. The zero-order valence-electron chi connectivity index (χ0n) is 12.7. The van der Waals surface area contributed by atoms with Gasteiger partial charge in [0.25, 0.3) is 0 Å². The summed E-state index contributed by atoms with van der Waals surface area (Å²) < 4.78 is 13.9. The van der Waals surface area contributed by atoms with Crippen LogP contribution in [-0.4, -0.2) is 11.9 Å². The van der Waals surface area contributed by atoms with E-state index in [0.29, 0.717) is 5.92 Å². The molecule has 4 unspecified atom stereocenters. The Bertz CT molecular complexity index is 507. The zero-order chi connectivity index (χ0) is 14.9. The van der Waals surface area contributed by atoms with Crippen molar-refractivity contribution in [3.63, 3.8) is 0 Å². The normalized spacial score (nSPS) is 23.5. The lowest BCUT2D eigenvalue weighted by atomic mass is 9.80. The number of hydrogen-bond acceptors (Lipinski definition) is 2. The summed E-state index contributed by atoms with van der Waals surface area (Å²) in [4.78, 5) is 12.2. The van der Waals surface area contributed by atoms with Crippen LogP contribution in [0.4, 0.5) is 4.39 Å². The average Bonchev–Trinajstić information content (AvgIpc) is 2.41. The monoisotopic (exact) mass is 314 g/mol. The van der Waals surface area contributed by atoms with Crippen molar-refractivity contribution in [1.29, 1.82) is 0 Å². The highest BCUT2D eigenvalue weighted by Crippen LogP contribution is 2.35. The Kier molecular flexibility index (Phi) is 6.17. The highest BCUT2D eigenvalue weighted by atomic mass is 35.5. The van der Waals surface area contributed by atoms with E-state index in [2.05, 4.69) is 12.2 Å². The quantitative estimate of drug-likeness (QED) is 0.901. The third kappa shape index (κ3) is 3.74. The van der Waals surface area contributed by atoms with Crippen LogP contribution in [0.25, 0.3) is 0 Å². The van der Waals surface area contributed by atoms with Crippen LogP contribution in [0.5, 0.6) is 0 Å². The van der Waals surface area contributed by atoms with E-state index in [-0.39, 0.29) is 42.1 Å². The topological polar surface area (TPSA) is 55.1 Å². The summed E-state index contributed by atoms with van der Waals surface area (Å²) in [7, 11) is 0. The molecule has 4 atom stereocenters. The van der Waals surface area contributed by atoms with Gasteiger partial charge in [-0.1, -0.05) is 26.0 Å².